The summed E-state index contributed by atoms with van der Waals surface area (Å²) in [5.74, 6) is 1.95. The molecular weight excluding hydrogens is 677 g/mol. The van der Waals surface area contributed by atoms with Crippen molar-refractivity contribution in [2.24, 2.45) is 0 Å². The van der Waals surface area contributed by atoms with Crippen LogP contribution in [0.4, 0.5) is 0 Å². The second-order valence-corrected chi connectivity index (χ2v) is 15.0. The van der Waals surface area contributed by atoms with Crippen LogP contribution in [0, 0.1) is 0 Å². The van der Waals surface area contributed by atoms with E-state index in [9.17, 15) is 0 Å². The standard InChI is InChI=1S/C49H36N4S/c1-2-3-13-32-22-24-35(25-23-32)47-50-48(36-28-26-34(27-29-36)33-14-5-4-6-15-33)52-49(51-47)39-18-8-11-20-43(39)53-42-19-10-7-16-37(42)40-30-41-38-17-9-12-21-45(38)54-46(41)31-44(40)53/h4-12,14-31H,2-3,13H2,1H3. The molecule has 0 amide bonds. The smallest absolute Gasteiger partial charge is 0.166 e. The van der Waals surface area contributed by atoms with Gasteiger partial charge in [-0.1, -0.05) is 141 Å². The number of aryl methyl sites for hydroxylation is 1. The predicted molar refractivity (Wildman–Crippen MR) is 227 cm³/mol. The lowest BCUT2D eigenvalue weighted by atomic mass is 10.0. The number of rotatable bonds is 8. The van der Waals surface area contributed by atoms with Crippen LogP contribution in [0.3, 0.4) is 0 Å². The largest absolute Gasteiger partial charge is 0.308 e. The van der Waals surface area contributed by atoms with E-state index in [4.69, 9.17) is 15.0 Å². The summed E-state index contributed by atoms with van der Waals surface area (Å²) in [6.07, 6.45) is 3.41. The van der Waals surface area contributed by atoms with Crippen molar-refractivity contribution in [3.8, 4) is 51.0 Å². The average molecular weight is 713 g/mol. The maximum absolute atomic E-state index is 5.24. The Hall–Kier alpha value is -6.43. The Labute approximate surface area is 318 Å². The molecule has 0 radical (unpaired) electrons. The lowest BCUT2D eigenvalue weighted by molar-refractivity contribution is 0.795. The van der Waals surface area contributed by atoms with Crippen LogP contribution in [0.25, 0.3) is 93.0 Å². The third-order valence-electron chi connectivity index (χ3n) is 10.5. The molecule has 0 saturated carbocycles. The highest BCUT2D eigenvalue weighted by atomic mass is 32.1. The van der Waals surface area contributed by atoms with E-state index in [0.29, 0.717) is 17.5 Å². The minimum Gasteiger partial charge on any atom is -0.308 e. The summed E-state index contributed by atoms with van der Waals surface area (Å²) in [4.78, 5) is 15.6. The van der Waals surface area contributed by atoms with Crippen LogP contribution >= 0.6 is 11.3 Å². The third kappa shape index (κ3) is 5.65. The van der Waals surface area contributed by atoms with E-state index >= 15 is 0 Å². The Morgan fingerprint density at radius 2 is 1.07 bits per heavy atom. The number of benzene rings is 7. The Kier molecular flexibility index (Phi) is 8.07. The first kappa shape index (κ1) is 32.2. The lowest BCUT2D eigenvalue weighted by Gasteiger charge is -2.15. The maximum atomic E-state index is 5.24. The maximum Gasteiger partial charge on any atom is 0.166 e. The zero-order valence-electron chi connectivity index (χ0n) is 29.9. The first-order chi connectivity index (χ1) is 26.7. The second-order valence-electron chi connectivity index (χ2n) is 13.9. The Morgan fingerprint density at radius 3 is 1.85 bits per heavy atom. The molecule has 10 aromatic rings. The summed E-state index contributed by atoms with van der Waals surface area (Å²) in [6.45, 7) is 2.23. The molecule has 0 aliphatic heterocycles. The molecule has 10 rings (SSSR count). The fraction of sp³-hybridized carbons (Fsp3) is 0.0816. The van der Waals surface area contributed by atoms with Crippen LogP contribution in [-0.2, 0) is 6.42 Å². The van der Waals surface area contributed by atoms with Crippen LogP contribution in [0.2, 0.25) is 0 Å². The van der Waals surface area contributed by atoms with Crippen LogP contribution < -0.4 is 0 Å². The lowest BCUT2D eigenvalue weighted by Crippen LogP contribution is -2.03. The second kappa shape index (κ2) is 13.5. The van der Waals surface area contributed by atoms with E-state index in [2.05, 4.69) is 169 Å². The van der Waals surface area contributed by atoms with Gasteiger partial charge in [-0.15, -0.1) is 11.3 Å². The SMILES string of the molecule is CCCCc1ccc(-c2nc(-c3ccc(-c4ccccc4)cc3)nc(-c3ccccc3-n3c4ccccc4c4cc5c(cc43)sc3ccccc35)n2)cc1. The highest BCUT2D eigenvalue weighted by molar-refractivity contribution is 7.25. The van der Waals surface area contributed by atoms with Gasteiger partial charge in [0.05, 0.1) is 16.7 Å². The molecule has 0 spiro atoms. The van der Waals surface area contributed by atoms with E-state index in [0.717, 1.165) is 45.4 Å². The van der Waals surface area contributed by atoms with Gasteiger partial charge in [-0.3, -0.25) is 0 Å². The van der Waals surface area contributed by atoms with E-state index in [1.54, 1.807) is 0 Å². The molecule has 258 valence electrons. The number of para-hydroxylation sites is 2. The summed E-state index contributed by atoms with van der Waals surface area (Å²) in [7, 11) is 0. The number of thiophene rings is 1. The monoisotopic (exact) mass is 712 g/mol. The van der Waals surface area contributed by atoms with E-state index < -0.39 is 0 Å². The predicted octanol–water partition coefficient (Wildman–Crippen LogP) is 13.3. The molecule has 54 heavy (non-hydrogen) atoms. The molecule has 0 unspecified atom stereocenters. The molecule has 0 fully saturated rings. The number of hydrogen-bond donors (Lipinski definition) is 0. The molecule has 0 saturated heterocycles. The minimum absolute atomic E-state index is 0.640. The number of hydrogen-bond acceptors (Lipinski definition) is 4. The minimum atomic E-state index is 0.640. The van der Waals surface area contributed by atoms with Crippen molar-refractivity contribution in [3.63, 3.8) is 0 Å². The first-order valence-corrected chi connectivity index (χ1v) is 19.5. The van der Waals surface area contributed by atoms with Crippen molar-refractivity contribution in [1.29, 1.82) is 0 Å². The van der Waals surface area contributed by atoms with E-state index in [-0.39, 0.29) is 0 Å². The Bertz CT molecular complexity index is 2960. The third-order valence-corrected chi connectivity index (χ3v) is 11.6. The highest BCUT2D eigenvalue weighted by Gasteiger charge is 2.20. The molecule has 0 bridgehead atoms. The topological polar surface area (TPSA) is 43.6 Å². The summed E-state index contributed by atoms with van der Waals surface area (Å²) in [5.41, 5.74) is 9.87. The van der Waals surface area contributed by atoms with Gasteiger partial charge in [0.1, 0.15) is 0 Å². The summed E-state index contributed by atoms with van der Waals surface area (Å²) in [6, 6.07) is 58.4. The quantitative estimate of drug-likeness (QED) is 0.158. The molecular formula is C49H36N4S. The first-order valence-electron chi connectivity index (χ1n) is 18.7. The fourth-order valence-corrected chi connectivity index (χ4v) is 8.82. The molecule has 7 aromatic carbocycles. The number of aromatic nitrogens is 4. The van der Waals surface area contributed by atoms with Crippen LogP contribution in [0.1, 0.15) is 25.3 Å². The number of fused-ring (bicyclic) bond motifs is 6. The van der Waals surface area contributed by atoms with Crippen LogP contribution in [0.15, 0.2) is 164 Å². The summed E-state index contributed by atoms with van der Waals surface area (Å²) < 4.78 is 4.97. The molecule has 0 atom stereocenters. The van der Waals surface area contributed by atoms with Gasteiger partial charge in [0.15, 0.2) is 17.5 Å². The van der Waals surface area contributed by atoms with Gasteiger partial charge in [-0.05, 0) is 65.9 Å². The van der Waals surface area contributed by atoms with Crippen molar-refractivity contribution < 1.29 is 0 Å². The Morgan fingerprint density at radius 1 is 0.463 bits per heavy atom. The molecule has 0 aliphatic rings. The van der Waals surface area contributed by atoms with Crippen molar-refractivity contribution in [2.45, 2.75) is 26.2 Å². The van der Waals surface area contributed by atoms with Gasteiger partial charge in [-0.25, -0.2) is 15.0 Å². The van der Waals surface area contributed by atoms with Gasteiger partial charge in [0.2, 0.25) is 0 Å². The zero-order valence-corrected chi connectivity index (χ0v) is 30.7. The van der Waals surface area contributed by atoms with Crippen molar-refractivity contribution in [1.82, 2.24) is 19.5 Å². The molecule has 5 heteroatoms. The van der Waals surface area contributed by atoms with Gasteiger partial charge in [0, 0.05) is 47.6 Å². The van der Waals surface area contributed by atoms with E-state index in [1.165, 1.54) is 54.9 Å². The molecule has 0 aliphatic carbocycles. The van der Waals surface area contributed by atoms with Crippen LogP contribution in [-0.4, -0.2) is 19.5 Å². The Balaban J connectivity index is 1.17. The van der Waals surface area contributed by atoms with Gasteiger partial charge in [0.25, 0.3) is 0 Å². The number of nitrogens with zero attached hydrogens (tertiary/aromatic N) is 4. The van der Waals surface area contributed by atoms with Gasteiger partial charge < -0.3 is 4.57 Å². The molecule has 4 nitrogen and oxygen atoms in total. The van der Waals surface area contributed by atoms with Crippen molar-refractivity contribution >= 4 is 53.3 Å². The average Bonchev–Trinajstić information content (AvgIpc) is 3.77. The molecule has 3 aromatic heterocycles. The molecule has 3 heterocycles. The van der Waals surface area contributed by atoms with Crippen molar-refractivity contribution in [3.05, 3.63) is 169 Å². The fourth-order valence-electron chi connectivity index (χ4n) is 7.70. The summed E-state index contributed by atoms with van der Waals surface area (Å²) >= 11 is 1.85. The van der Waals surface area contributed by atoms with Gasteiger partial charge >= 0.3 is 0 Å². The summed E-state index contributed by atoms with van der Waals surface area (Å²) in [5, 5.41) is 5.05. The van der Waals surface area contributed by atoms with Crippen LogP contribution in [0.5, 0.6) is 0 Å². The van der Waals surface area contributed by atoms with Gasteiger partial charge in [-0.2, -0.15) is 0 Å². The zero-order chi connectivity index (χ0) is 36.0. The highest BCUT2D eigenvalue weighted by Crippen LogP contribution is 2.42. The number of unbranched alkanes of at least 4 members (excludes halogenated alkanes) is 1. The normalized spacial score (nSPS) is 11.6. The molecule has 0 N–H and O–H groups in total. The van der Waals surface area contributed by atoms with Crippen molar-refractivity contribution in [2.75, 3.05) is 0 Å². The van der Waals surface area contributed by atoms with E-state index in [1.807, 2.05) is 17.4 Å².